The highest BCUT2D eigenvalue weighted by atomic mass is 16.3. The van der Waals surface area contributed by atoms with Crippen molar-refractivity contribution in [1.29, 1.82) is 0 Å². The molecule has 2 heteroatoms. The molecule has 0 saturated heterocycles. The Morgan fingerprint density at radius 1 is 1.00 bits per heavy atom. The highest BCUT2D eigenvalue weighted by molar-refractivity contribution is 4.86. The average Bonchev–Trinajstić information content (AvgIpc) is 2.67. The summed E-state index contributed by atoms with van der Waals surface area (Å²) in [7, 11) is 0. The third kappa shape index (κ3) is 3.69. The van der Waals surface area contributed by atoms with Crippen molar-refractivity contribution in [2.24, 2.45) is 11.8 Å². The van der Waals surface area contributed by atoms with Crippen LogP contribution in [0.15, 0.2) is 0 Å². The van der Waals surface area contributed by atoms with E-state index in [1.807, 2.05) is 0 Å². The lowest BCUT2D eigenvalue weighted by Gasteiger charge is -2.25. The van der Waals surface area contributed by atoms with Crippen LogP contribution >= 0.6 is 0 Å². The van der Waals surface area contributed by atoms with Crippen LogP contribution in [0.5, 0.6) is 0 Å². The average molecular weight is 239 g/mol. The quantitative estimate of drug-likeness (QED) is 0.739. The van der Waals surface area contributed by atoms with E-state index in [0.717, 1.165) is 12.0 Å². The van der Waals surface area contributed by atoms with Gasteiger partial charge in [0.1, 0.15) is 0 Å². The molecule has 100 valence electrons. The normalized spacial score (nSPS) is 39.2. The molecule has 0 aromatic rings. The van der Waals surface area contributed by atoms with Gasteiger partial charge in [0.2, 0.25) is 0 Å². The van der Waals surface area contributed by atoms with E-state index >= 15 is 0 Å². The second-order valence-corrected chi connectivity index (χ2v) is 6.13. The summed E-state index contributed by atoms with van der Waals surface area (Å²) in [6.45, 7) is 2.71. The van der Waals surface area contributed by atoms with Gasteiger partial charge in [-0.3, -0.25) is 0 Å². The van der Waals surface area contributed by atoms with E-state index in [-0.39, 0.29) is 0 Å². The molecule has 4 atom stereocenters. The second-order valence-electron chi connectivity index (χ2n) is 6.13. The molecule has 0 aromatic heterocycles. The van der Waals surface area contributed by atoms with E-state index in [1.54, 1.807) is 0 Å². The maximum Gasteiger partial charge on any atom is 0.0474 e. The predicted molar refractivity (Wildman–Crippen MR) is 72.0 cm³/mol. The molecule has 0 spiro atoms. The number of nitrogens with one attached hydrogen (secondary N) is 1. The van der Waals surface area contributed by atoms with Crippen molar-refractivity contribution < 1.29 is 5.11 Å². The Morgan fingerprint density at radius 3 is 2.59 bits per heavy atom. The van der Waals surface area contributed by atoms with Gasteiger partial charge in [0, 0.05) is 18.7 Å². The molecule has 0 bridgehead atoms. The van der Waals surface area contributed by atoms with Gasteiger partial charge in [0.05, 0.1) is 0 Å². The zero-order valence-electron chi connectivity index (χ0n) is 11.3. The van der Waals surface area contributed by atoms with Gasteiger partial charge in [-0.05, 0) is 43.9 Å². The fourth-order valence-electron chi connectivity index (χ4n) is 3.73. The first kappa shape index (κ1) is 13.4. The van der Waals surface area contributed by atoms with Crippen LogP contribution in [-0.4, -0.2) is 23.8 Å². The Bertz CT molecular complexity index is 219. The van der Waals surface area contributed by atoms with Crippen LogP contribution in [0.4, 0.5) is 0 Å². The highest BCUT2D eigenvalue weighted by Crippen LogP contribution is 2.29. The van der Waals surface area contributed by atoms with Crippen LogP contribution in [0.2, 0.25) is 0 Å². The molecule has 2 nitrogen and oxygen atoms in total. The molecule has 2 saturated carbocycles. The Labute approximate surface area is 106 Å². The molecule has 2 fully saturated rings. The number of hydrogen-bond donors (Lipinski definition) is 2. The maximum absolute atomic E-state index is 9.36. The highest BCUT2D eigenvalue weighted by Gasteiger charge is 2.29. The van der Waals surface area contributed by atoms with E-state index in [4.69, 9.17) is 0 Å². The maximum atomic E-state index is 9.36. The third-order valence-electron chi connectivity index (χ3n) is 5.01. The number of hydrogen-bond acceptors (Lipinski definition) is 2. The molecule has 17 heavy (non-hydrogen) atoms. The van der Waals surface area contributed by atoms with Gasteiger partial charge in [-0.1, -0.05) is 32.6 Å². The Hall–Kier alpha value is -0.0800. The van der Waals surface area contributed by atoms with Gasteiger partial charge in [-0.2, -0.15) is 0 Å². The zero-order valence-corrected chi connectivity index (χ0v) is 11.3. The molecule has 2 aliphatic rings. The minimum Gasteiger partial charge on any atom is -0.396 e. The molecule has 0 aliphatic heterocycles. The van der Waals surface area contributed by atoms with Gasteiger partial charge in [0.15, 0.2) is 0 Å². The molecular formula is C15H29NO. The van der Waals surface area contributed by atoms with E-state index in [9.17, 15) is 5.11 Å². The molecule has 2 rings (SSSR count). The predicted octanol–water partition coefficient (Wildman–Crippen LogP) is 3.10. The Morgan fingerprint density at radius 2 is 1.82 bits per heavy atom. The third-order valence-corrected chi connectivity index (χ3v) is 5.01. The van der Waals surface area contributed by atoms with Crippen molar-refractivity contribution in [3.8, 4) is 0 Å². The fourth-order valence-corrected chi connectivity index (χ4v) is 3.73. The van der Waals surface area contributed by atoms with E-state index in [0.29, 0.717) is 18.6 Å². The van der Waals surface area contributed by atoms with Gasteiger partial charge in [0.25, 0.3) is 0 Å². The molecule has 2 aliphatic carbocycles. The second kappa shape index (κ2) is 6.75. The SMILES string of the molecule is CCC1CCCC(NC2CCCC2CO)CC1. The molecule has 0 aromatic carbocycles. The topological polar surface area (TPSA) is 32.3 Å². The lowest BCUT2D eigenvalue weighted by atomic mass is 9.97. The summed E-state index contributed by atoms with van der Waals surface area (Å²) in [6.07, 6.45) is 12.1. The molecule has 2 N–H and O–H groups in total. The van der Waals surface area contributed by atoms with E-state index < -0.39 is 0 Å². The summed E-state index contributed by atoms with van der Waals surface area (Å²) in [5, 5.41) is 13.2. The minimum absolute atomic E-state index is 0.377. The van der Waals surface area contributed by atoms with Gasteiger partial charge >= 0.3 is 0 Å². The summed E-state index contributed by atoms with van der Waals surface area (Å²) < 4.78 is 0. The fraction of sp³-hybridized carbons (Fsp3) is 1.00. The molecule has 0 radical (unpaired) electrons. The number of aliphatic hydroxyl groups excluding tert-OH is 1. The van der Waals surface area contributed by atoms with Gasteiger partial charge < -0.3 is 10.4 Å². The summed E-state index contributed by atoms with van der Waals surface area (Å²) >= 11 is 0. The Kier molecular flexibility index (Phi) is 5.30. The van der Waals surface area contributed by atoms with Crippen molar-refractivity contribution in [1.82, 2.24) is 5.32 Å². The van der Waals surface area contributed by atoms with Crippen LogP contribution in [0, 0.1) is 11.8 Å². The van der Waals surface area contributed by atoms with Crippen molar-refractivity contribution in [3.63, 3.8) is 0 Å². The molecular weight excluding hydrogens is 210 g/mol. The van der Waals surface area contributed by atoms with Crippen molar-refractivity contribution in [2.45, 2.75) is 76.8 Å². The van der Waals surface area contributed by atoms with Crippen molar-refractivity contribution >= 4 is 0 Å². The van der Waals surface area contributed by atoms with Crippen LogP contribution < -0.4 is 5.32 Å². The Balaban J connectivity index is 1.78. The standard InChI is InChI=1S/C15H29NO/c1-2-12-5-3-7-14(10-9-12)16-15-8-4-6-13(15)11-17/h12-17H,2-11H2,1H3. The first-order chi connectivity index (χ1) is 8.33. The first-order valence-corrected chi connectivity index (χ1v) is 7.70. The van der Waals surface area contributed by atoms with Crippen molar-refractivity contribution in [2.75, 3.05) is 6.61 Å². The van der Waals surface area contributed by atoms with Gasteiger partial charge in [-0.25, -0.2) is 0 Å². The lowest BCUT2D eigenvalue weighted by molar-refractivity contribution is 0.197. The first-order valence-electron chi connectivity index (χ1n) is 7.70. The monoisotopic (exact) mass is 239 g/mol. The summed E-state index contributed by atoms with van der Waals surface area (Å²) in [4.78, 5) is 0. The smallest absolute Gasteiger partial charge is 0.0474 e. The summed E-state index contributed by atoms with van der Waals surface area (Å²) in [5.41, 5.74) is 0. The van der Waals surface area contributed by atoms with E-state index in [1.165, 1.54) is 57.8 Å². The van der Waals surface area contributed by atoms with E-state index in [2.05, 4.69) is 12.2 Å². The lowest BCUT2D eigenvalue weighted by Crippen LogP contribution is -2.41. The largest absolute Gasteiger partial charge is 0.396 e. The van der Waals surface area contributed by atoms with Crippen LogP contribution in [0.1, 0.15) is 64.7 Å². The number of aliphatic hydroxyl groups is 1. The van der Waals surface area contributed by atoms with Crippen LogP contribution in [-0.2, 0) is 0 Å². The molecule has 0 heterocycles. The summed E-state index contributed by atoms with van der Waals surface area (Å²) in [5.74, 6) is 1.50. The minimum atomic E-state index is 0.377. The van der Waals surface area contributed by atoms with Crippen molar-refractivity contribution in [3.05, 3.63) is 0 Å². The van der Waals surface area contributed by atoms with Crippen LogP contribution in [0.3, 0.4) is 0 Å². The summed E-state index contributed by atoms with van der Waals surface area (Å²) in [6, 6.07) is 1.33. The molecule has 4 unspecified atom stereocenters. The van der Waals surface area contributed by atoms with Gasteiger partial charge in [-0.15, -0.1) is 0 Å². The zero-order chi connectivity index (χ0) is 12.1. The van der Waals surface area contributed by atoms with Crippen LogP contribution in [0.25, 0.3) is 0 Å². The number of rotatable bonds is 4. The molecule has 0 amide bonds.